The Kier molecular flexibility index (Phi) is 6.47. The van der Waals surface area contributed by atoms with Crippen LogP contribution in [0.5, 0.6) is 0 Å². The smallest absolute Gasteiger partial charge is 0.237 e. The van der Waals surface area contributed by atoms with Crippen molar-refractivity contribution < 1.29 is 9.59 Å². The van der Waals surface area contributed by atoms with Crippen molar-refractivity contribution in [2.45, 2.75) is 62.7 Å². The first-order valence-electron chi connectivity index (χ1n) is 12.9. The van der Waals surface area contributed by atoms with Crippen molar-refractivity contribution in [3.05, 3.63) is 82.6 Å². The van der Waals surface area contributed by atoms with Gasteiger partial charge in [-0.3, -0.25) is 15.0 Å². The lowest BCUT2D eigenvalue weighted by Gasteiger charge is -2.35. The zero-order valence-corrected chi connectivity index (χ0v) is 21.1. The average Bonchev–Trinajstić information content (AvgIpc) is 3.50. The number of amides is 1. The first-order chi connectivity index (χ1) is 17.4. The van der Waals surface area contributed by atoms with E-state index in [1.165, 1.54) is 32.4 Å². The summed E-state index contributed by atoms with van der Waals surface area (Å²) in [7, 11) is 0. The van der Waals surface area contributed by atoms with Crippen LogP contribution < -0.4 is 10.6 Å². The number of piperidine rings is 1. The number of carbonyl (C=O) groups is 2. The third kappa shape index (κ3) is 4.03. The molecule has 6 heteroatoms. The molecule has 1 saturated heterocycles. The van der Waals surface area contributed by atoms with E-state index in [9.17, 15) is 9.59 Å². The van der Waals surface area contributed by atoms with E-state index in [0.717, 1.165) is 22.6 Å². The van der Waals surface area contributed by atoms with E-state index < -0.39 is 5.41 Å². The van der Waals surface area contributed by atoms with Crippen molar-refractivity contribution >= 4 is 23.7 Å². The van der Waals surface area contributed by atoms with Crippen LogP contribution in [0.2, 0.25) is 0 Å². The van der Waals surface area contributed by atoms with E-state index >= 15 is 0 Å². The highest BCUT2D eigenvalue weighted by atomic mass is 16.2. The van der Waals surface area contributed by atoms with E-state index in [2.05, 4.69) is 46.8 Å². The molecule has 2 aliphatic heterocycles. The maximum atomic E-state index is 12.5. The van der Waals surface area contributed by atoms with Gasteiger partial charge in [0.15, 0.2) is 6.29 Å². The molecule has 2 fully saturated rings. The summed E-state index contributed by atoms with van der Waals surface area (Å²) in [6, 6.07) is 12.8. The van der Waals surface area contributed by atoms with Crippen molar-refractivity contribution in [2.24, 2.45) is 0 Å². The number of hydrogen-bond acceptors (Lipinski definition) is 5. The molecule has 0 radical (unpaired) electrons. The second kappa shape index (κ2) is 9.58. The molecule has 2 unspecified atom stereocenters. The minimum Gasteiger partial charge on any atom is -0.317 e. The zero-order valence-electron chi connectivity index (χ0n) is 21.1. The van der Waals surface area contributed by atoms with Gasteiger partial charge in [-0.1, -0.05) is 43.3 Å². The number of nitrogens with zero attached hydrogens (tertiary/aromatic N) is 1. The van der Waals surface area contributed by atoms with Crippen molar-refractivity contribution in [2.75, 3.05) is 18.4 Å². The van der Waals surface area contributed by atoms with Gasteiger partial charge in [0.1, 0.15) is 5.82 Å². The summed E-state index contributed by atoms with van der Waals surface area (Å²) >= 11 is 0. The number of pyridine rings is 1. The number of nitrogens with one attached hydrogen (secondary N) is 3. The van der Waals surface area contributed by atoms with Crippen LogP contribution in [0.3, 0.4) is 0 Å². The predicted octanol–water partition coefficient (Wildman–Crippen LogP) is 4.97. The van der Waals surface area contributed by atoms with Crippen LogP contribution in [-0.4, -0.2) is 36.0 Å². The highest BCUT2D eigenvalue weighted by Gasteiger charge is 2.52. The molecule has 1 aromatic carbocycles. The molecule has 1 saturated carbocycles. The second-order valence-corrected chi connectivity index (χ2v) is 10.6. The number of carbonyl (C=O) groups excluding carboxylic acids is 2. The number of hydrogen-bond donors (Lipinski definition) is 3. The van der Waals surface area contributed by atoms with E-state index in [1.54, 1.807) is 23.4 Å². The minimum absolute atomic E-state index is 0.0587. The second-order valence-electron chi connectivity index (χ2n) is 10.6. The van der Waals surface area contributed by atoms with Gasteiger partial charge in [-0.25, -0.2) is 4.98 Å². The zero-order chi connectivity index (χ0) is 25.3. The number of aldehydes is 1. The van der Waals surface area contributed by atoms with Crippen LogP contribution in [0.15, 0.2) is 65.9 Å². The molecule has 6 rings (SSSR count). The van der Waals surface area contributed by atoms with E-state index in [1.807, 2.05) is 25.1 Å². The molecule has 3 N–H and O–H groups in total. The van der Waals surface area contributed by atoms with Gasteiger partial charge in [0.2, 0.25) is 5.91 Å². The Bertz CT molecular complexity index is 1270. The molecule has 2 atom stereocenters. The quantitative estimate of drug-likeness (QED) is 0.416. The molecular weight excluding hydrogens is 448 g/mol. The largest absolute Gasteiger partial charge is 0.317 e. The van der Waals surface area contributed by atoms with Crippen molar-refractivity contribution in [1.29, 1.82) is 5.41 Å². The van der Waals surface area contributed by atoms with E-state index in [4.69, 9.17) is 5.41 Å². The number of fused-ring (bicyclic) bond motifs is 4. The maximum absolute atomic E-state index is 12.5. The molecule has 186 valence electrons. The highest BCUT2D eigenvalue weighted by molar-refractivity contribution is 6.32. The van der Waals surface area contributed by atoms with Crippen LogP contribution in [0, 0.1) is 5.41 Å². The Balaban J connectivity index is 0.000000156. The maximum Gasteiger partial charge on any atom is 0.237 e. The Labute approximate surface area is 212 Å². The topological polar surface area (TPSA) is 94.9 Å². The number of rotatable bonds is 2. The van der Waals surface area contributed by atoms with Crippen molar-refractivity contribution in [1.82, 2.24) is 10.3 Å². The molecule has 1 amide bonds. The minimum atomic E-state index is -0.652. The van der Waals surface area contributed by atoms with Crippen LogP contribution in [0.25, 0.3) is 0 Å². The van der Waals surface area contributed by atoms with Crippen molar-refractivity contribution in [3.8, 4) is 0 Å². The average molecular weight is 483 g/mol. The Hall–Kier alpha value is -3.38. The number of allylic oxidation sites excluding steroid dienone is 4. The van der Waals surface area contributed by atoms with Crippen LogP contribution in [0.4, 0.5) is 5.82 Å². The highest BCUT2D eigenvalue weighted by Crippen LogP contribution is 2.52. The van der Waals surface area contributed by atoms with Gasteiger partial charge in [0.25, 0.3) is 0 Å². The monoisotopic (exact) mass is 482 g/mol. The Morgan fingerprint density at radius 1 is 1.08 bits per heavy atom. The molecule has 2 aromatic rings. The molecular formula is C30H34N4O2. The summed E-state index contributed by atoms with van der Waals surface area (Å²) in [4.78, 5) is 27.4. The van der Waals surface area contributed by atoms with Crippen LogP contribution in [0.1, 0.15) is 68.6 Å². The summed E-state index contributed by atoms with van der Waals surface area (Å²) < 4.78 is 0. The fourth-order valence-electron chi connectivity index (χ4n) is 6.78. The summed E-state index contributed by atoms with van der Waals surface area (Å²) in [6.45, 7) is 6.68. The lowest BCUT2D eigenvalue weighted by molar-refractivity contribution is -0.120. The fourth-order valence-corrected chi connectivity index (χ4v) is 6.78. The molecule has 4 aliphatic rings. The Morgan fingerprint density at radius 3 is 2.56 bits per heavy atom. The normalized spacial score (nSPS) is 27.5. The number of benzene rings is 1. The molecule has 2 spiro atoms. The number of anilines is 1. The summed E-state index contributed by atoms with van der Waals surface area (Å²) in [5.41, 5.74) is 5.83. The first kappa shape index (κ1) is 24.3. The predicted molar refractivity (Wildman–Crippen MR) is 143 cm³/mol. The Morgan fingerprint density at radius 2 is 1.81 bits per heavy atom. The van der Waals surface area contributed by atoms with Crippen molar-refractivity contribution in [3.63, 3.8) is 0 Å². The molecule has 36 heavy (non-hydrogen) atoms. The van der Waals surface area contributed by atoms with Gasteiger partial charge in [-0.05, 0) is 97.9 Å². The summed E-state index contributed by atoms with van der Waals surface area (Å²) in [6.07, 6.45) is 10.8. The third-order valence-electron chi connectivity index (χ3n) is 8.51. The fraction of sp³-hybridized carbons (Fsp3) is 0.400. The molecule has 2 aliphatic carbocycles. The van der Waals surface area contributed by atoms with Gasteiger partial charge in [-0.15, -0.1) is 0 Å². The van der Waals surface area contributed by atoms with E-state index in [-0.39, 0.29) is 11.6 Å². The van der Waals surface area contributed by atoms with Crippen LogP contribution in [-0.2, 0) is 20.4 Å². The van der Waals surface area contributed by atoms with Gasteiger partial charge in [-0.2, -0.15) is 0 Å². The number of aromatic nitrogens is 1. The van der Waals surface area contributed by atoms with Gasteiger partial charge in [0.05, 0.1) is 11.1 Å². The molecule has 0 bridgehead atoms. The molecule has 6 nitrogen and oxygen atoms in total. The molecule has 1 aromatic heterocycles. The third-order valence-corrected chi connectivity index (χ3v) is 8.51. The summed E-state index contributed by atoms with van der Waals surface area (Å²) in [5, 5.41) is 13.9. The van der Waals surface area contributed by atoms with Gasteiger partial charge in [0, 0.05) is 11.8 Å². The van der Waals surface area contributed by atoms with E-state index in [0.29, 0.717) is 30.4 Å². The lowest BCUT2D eigenvalue weighted by atomic mass is 9.74. The van der Waals surface area contributed by atoms with Gasteiger partial charge < -0.3 is 10.6 Å². The first-order valence-corrected chi connectivity index (χ1v) is 12.9. The van der Waals surface area contributed by atoms with Crippen LogP contribution >= 0.6 is 0 Å². The van der Waals surface area contributed by atoms with Gasteiger partial charge >= 0.3 is 0 Å². The summed E-state index contributed by atoms with van der Waals surface area (Å²) in [5.74, 6) is 1.32. The molecule has 3 heterocycles. The SMILES string of the molecule is C/C=C1/CC2(C/C1=C/C(=N)C=O)C(=O)Nc1ncccc12.CC1CC2(CCNCC2)c2ccccc21. The standard InChI is InChI=1S/C16H15N3O2.C14H19N/c1-2-10-7-16(8-11(10)6-12(17)9-20)13-4-3-5-18-14(13)19-15(16)21;1-11-10-14(6-8-15-9-7-14)13-5-3-2-4-12(11)13/h2-6,9,17H,7-8H2,1H3,(H,18,19,21);2-5,11,15H,6-10H2,1H3/b10-2-,11-6-,17-12?;. The lowest BCUT2D eigenvalue weighted by Crippen LogP contribution is -2.38.